The van der Waals surface area contributed by atoms with Crippen LogP contribution in [0.5, 0.6) is 5.75 Å². The SMILES string of the molecule is CCCOc1ccc(/C(O)=C2\C(=O)C(=O)N(CCCN3CCNCC3)C2c2ccc(Cl)c(Cl)c2)cc1. The van der Waals surface area contributed by atoms with Crippen LogP contribution in [0.1, 0.15) is 36.9 Å². The van der Waals surface area contributed by atoms with Crippen molar-refractivity contribution in [2.24, 2.45) is 0 Å². The third-order valence-electron chi connectivity index (χ3n) is 6.48. The Kier molecular flexibility index (Phi) is 8.90. The first kappa shape index (κ1) is 26.5. The number of halogens is 2. The van der Waals surface area contributed by atoms with Crippen molar-refractivity contribution in [1.29, 1.82) is 0 Å². The summed E-state index contributed by atoms with van der Waals surface area (Å²) in [4.78, 5) is 30.3. The fourth-order valence-electron chi connectivity index (χ4n) is 4.62. The summed E-state index contributed by atoms with van der Waals surface area (Å²) in [7, 11) is 0. The molecular weight excluding hydrogens is 501 g/mol. The minimum Gasteiger partial charge on any atom is -0.507 e. The zero-order valence-electron chi connectivity index (χ0n) is 20.3. The van der Waals surface area contributed by atoms with E-state index in [0.29, 0.717) is 46.5 Å². The maximum atomic E-state index is 13.2. The zero-order chi connectivity index (χ0) is 25.7. The van der Waals surface area contributed by atoms with Gasteiger partial charge in [-0.05, 0) is 61.3 Å². The van der Waals surface area contributed by atoms with E-state index >= 15 is 0 Å². The summed E-state index contributed by atoms with van der Waals surface area (Å²) in [5, 5.41) is 15.3. The van der Waals surface area contributed by atoms with Gasteiger partial charge in [0.15, 0.2) is 0 Å². The van der Waals surface area contributed by atoms with E-state index in [9.17, 15) is 14.7 Å². The Morgan fingerprint density at radius 3 is 2.44 bits per heavy atom. The van der Waals surface area contributed by atoms with E-state index in [-0.39, 0.29) is 11.3 Å². The van der Waals surface area contributed by atoms with Crippen molar-refractivity contribution < 1.29 is 19.4 Å². The topological polar surface area (TPSA) is 82.1 Å². The molecule has 2 aliphatic rings. The lowest BCUT2D eigenvalue weighted by atomic mass is 9.95. The predicted octanol–water partition coefficient (Wildman–Crippen LogP) is 4.50. The van der Waals surface area contributed by atoms with Gasteiger partial charge in [-0.1, -0.05) is 36.2 Å². The quantitative estimate of drug-likeness (QED) is 0.281. The molecule has 0 spiro atoms. The number of benzene rings is 2. The second kappa shape index (κ2) is 12.1. The first-order valence-corrected chi connectivity index (χ1v) is 13.1. The number of piperazine rings is 1. The number of likely N-dealkylation sites (tertiary alicyclic amines) is 1. The van der Waals surface area contributed by atoms with Crippen molar-refractivity contribution in [1.82, 2.24) is 15.1 Å². The standard InChI is InChI=1S/C27H31Cl2N3O4/c1-2-16-36-20-7-4-18(5-8-20)25(33)23-24(19-6-9-21(28)22(29)17-19)32(27(35)26(23)34)13-3-12-31-14-10-30-11-15-31/h4-9,17,24,30,33H,2-3,10-16H2,1H3/b25-23+. The van der Waals surface area contributed by atoms with Crippen molar-refractivity contribution in [3.8, 4) is 5.75 Å². The average molecular weight is 532 g/mol. The number of nitrogens with zero attached hydrogens (tertiary/aromatic N) is 2. The van der Waals surface area contributed by atoms with Gasteiger partial charge in [-0.25, -0.2) is 0 Å². The Bertz CT molecular complexity index is 1130. The van der Waals surface area contributed by atoms with Crippen LogP contribution in [0, 0.1) is 0 Å². The minimum atomic E-state index is -0.765. The number of Topliss-reactive ketones (excluding diaryl/α,β-unsaturated/α-hetero) is 1. The van der Waals surface area contributed by atoms with E-state index in [1.807, 2.05) is 6.92 Å². The van der Waals surface area contributed by atoms with Crippen molar-refractivity contribution in [3.63, 3.8) is 0 Å². The van der Waals surface area contributed by atoms with Crippen LogP contribution in [0.4, 0.5) is 0 Å². The van der Waals surface area contributed by atoms with Gasteiger partial charge in [0.25, 0.3) is 11.7 Å². The van der Waals surface area contributed by atoms with Crippen LogP contribution < -0.4 is 10.1 Å². The molecule has 192 valence electrons. The summed E-state index contributed by atoms with van der Waals surface area (Å²) in [6, 6.07) is 11.1. The van der Waals surface area contributed by atoms with E-state index in [1.54, 1.807) is 42.5 Å². The third-order valence-corrected chi connectivity index (χ3v) is 7.22. The van der Waals surface area contributed by atoms with Crippen molar-refractivity contribution in [2.75, 3.05) is 45.9 Å². The summed E-state index contributed by atoms with van der Waals surface area (Å²) in [5.74, 6) is -0.897. The number of nitrogens with one attached hydrogen (secondary N) is 1. The molecule has 36 heavy (non-hydrogen) atoms. The summed E-state index contributed by atoms with van der Waals surface area (Å²) in [6.07, 6.45) is 1.58. The molecule has 0 bridgehead atoms. The molecule has 1 atom stereocenters. The predicted molar refractivity (Wildman–Crippen MR) is 142 cm³/mol. The van der Waals surface area contributed by atoms with Gasteiger partial charge in [0.05, 0.1) is 28.3 Å². The number of carbonyl (C=O) groups excluding carboxylic acids is 2. The number of carbonyl (C=O) groups is 2. The number of hydrogen-bond acceptors (Lipinski definition) is 6. The van der Waals surface area contributed by atoms with Crippen LogP contribution in [-0.4, -0.2) is 72.5 Å². The molecule has 7 nitrogen and oxygen atoms in total. The summed E-state index contributed by atoms with van der Waals surface area (Å²) >= 11 is 12.4. The number of amides is 1. The van der Waals surface area contributed by atoms with E-state index in [1.165, 1.54) is 4.90 Å². The first-order chi connectivity index (χ1) is 17.4. The Balaban J connectivity index is 1.66. The molecular formula is C27H31Cl2N3O4. The Morgan fingerprint density at radius 2 is 1.78 bits per heavy atom. The van der Waals surface area contributed by atoms with Gasteiger partial charge in [0.2, 0.25) is 0 Å². The smallest absolute Gasteiger partial charge is 0.295 e. The lowest BCUT2D eigenvalue weighted by molar-refractivity contribution is -0.140. The van der Waals surface area contributed by atoms with Gasteiger partial charge in [0, 0.05) is 38.3 Å². The Morgan fingerprint density at radius 1 is 1.06 bits per heavy atom. The fraction of sp³-hybridized carbons (Fsp3) is 0.407. The van der Waals surface area contributed by atoms with Crippen molar-refractivity contribution >= 4 is 40.7 Å². The minimum absolute atomic E-state index is 0.0442. The van der Waals surface area contributed by atoms with Crippen molar-refractivity contribution in [2.45, 2.75) is 25.8 Å². The van der Waals surface area contributed by atoms with Crippen LogP contribution in [0.15, 0.2) is 48.0 Å². The molecule has 1 amide bonds. The highest BCUT2D eigenvalue weighted by Crippen LogP contribution is 2.41. The van der Waals surface area contributed by atoms with E-state index < -0.39 is 17.7 Å². The molecule has 2 aromatic carbocycles. The van der Waals surface area contributed by atoms with Gasteiger partial charge in [-0.2, -0.15) is 0 Å². The van der Waals surface area contributed by atoms with Crippen LogP contribution in [0.3, 0.4) is 0 Å². The van der Waals surface area contributed by atoms with Crippen LogP contribution in [0.2, 0.25) is 10.0 Å². The molecule has 0 radical (unpaired) electrons. The summed E-state index contributed by atoms with van der Waals surface area (Å²) in [5.41, 5.74) is 1.10. The highest BCUT2D eigenvalue weighted by molar-refractivity contribution is 6.46. The number of aliphatic hydroxyl groups is 1. The molecule has 2 aliphatic heterocycles. The Hall–Kier alpha value is -2.58. The molecule has 2 saturated heterocycles. The summed E-state index contributed by atoms with van der Waals surface area (Å²) in [6.45, 7) is 7.58. The third kappa shape index (κ3) is 5.86. The van der Waals surface area contributed by atoms with Crippen LogP contribution >= 0.6 is 23.2 Å². The van der Waals surface area contributed by atoms with Crippen molar-refractivity contribution in [3.05, 3.63) is 69.2 Å². The van der Waals surface area contributed by atoms with Gasteiger partial charge in [0.1, 0.15) is 11.5 Å². The molecule has 0 saturated carbocycles. The average Bonchev–Trinajstić information content (AvgIpc) is 3.14. The van der Waals surface area contributed by atoms with E-state index in [4.69, 9.17) is 27.9 Å². The lowest BCUT2D eigenvalue weighted by Gasteiger charge is -2.29. The first-order valence-electron chi connectivity index (χ1n) is 12.3. The van der Waals surface area contributed by atoms with E-state index in [0.717, 1.165) is 39.1 Å². The number of ether oxygens (including phenoxy) is 1. The Labute approximate surface area is 221 Å². The molecule has 2 N–H and O–H groups in total. The maximum absolute atomic E-state index is 13.2. The maximum Gasteiger partial charge on any atom is 0.295 e. The fourth-order valence-corrected chi connectivity index (χ4v) is 4.93. The highest BCUT2D eigenvalue weighted by Gasteiger charge is 2.46. The second-order valence-corrected chi connectivity index (χ2v) is 9.80. The monoisotopic (exact) mass is 531 g/mol. The molecule has 2 aromatic rings. The number of rotatable bonds is 9. The normalized spacial score (nSPS) is 20.2. The molecule has 0 aromatic heterocycles. The molecule has 2 fully saturated rings. The second-order valence-electron chi connectivity index (χ2n) is 8.98. The van der Waals surface area contributed by atoms with Gasteiger partial charge < -0.3 is 25.0 Å². The van der Waals surface area contributed by atoms with Gasteiger partial charge >= 0.3 is 0 Å². The van der Waals surface area contributed by atoms with E-state index in [2.05, 4.69) is 10.2 Å². The van der Waals surface area contributed by atoms with Gasteiger partial charge in [-0.15, -0.1) is 0 Å². The molecule has 2 heterocycles. The zero-order valence-corrected chi connectivity index (χ0v) is 21.8. The number of ketones is 1. The van der Waals surface area contributed by atoms with Crippen LogP contribution in [0.25, 0.3) is 5.76 Å². The number of aliphatic hydroxyl groups excluding tert-OH is 1. The highest BCUT2D eigenvalue weighted by atomic mass is 35.5. The molecule has 9 heteroatoms. The number of hydrogen-bond donors (Lipinski definition) is 2. The molecule has 0 aliphatic carbocycles. The molecule has 4 rings (SSSR count). The van der Waals surface area contributed by atoms with Crippen LogP contribution in [-0.2, 0) is 9.59 Å². The lowest BCUT2D eigenvalue weighted by Crippen LogP contribution is -2.44. The molecule has 1 unspecified atom stereocenters. The van der Waals surface area contributed by atoms with Gasteiger partial charge in [-0.3, -0.25) is 9.59 Å². The summed E-state index contributed by atoms with van der Waals surface area (Å²) < 4.78 is 5.62. The largest absolute Gasteiger partial charge is 0.507 e.